The van der Waals surface area contributed by atoms with E-state index in [1.807, 2.05) is 32.7 Å². The number of aromatic nitrogens is 2. The van der Waals surface area contributed by atoms with Crippen molar-refractivity contribution in [3.8, 4) is 0 Å². The average molecular weight is 385 g/mol. The first-order chi connectivity index (χ1) is 10.8. The number of nitrogens with zero attached hydrogens (tertiary/aromatic N) is 4. The summed E-state index contributed by atoms with van der Waals surface area (Å²) in [6.07, 6.45) is 6.12. The van der Waals surface area contributed by atoms with E-state index < -0.39 is 5.60 Å². The number of likely N-dealkylation sites (tertiary alicyclic amines) is 1. The molecular formula is C16H25BrN4O2. The highest BCUT2D eigenvalue weighted by Gasteiger charge is 2.27. The third kappa shape index (κ3) is 5.34. The van der Waals surface area contributed by atoms with Crippen LogP contribution in [-0.4, -0.2) is 52.7 Å². The van der Waals surface area contributed by atoms with Gasteiger partial charge in [-0.3, -0.25) is 0 Å². The van der Waals surface area contributed by atoms with Gasteiger partial charge in [0.25, 0.3) is 0 Å². The summed E-state index contributed by atoms with van der Waals surface area (Å²) in [7, 11) is 2.03. The molecule has 2 heterocycles. The Morgan fingerprint density at radius 1 is 1.30 bits per heavy atom. The highest BCUT2D eigenvalue weighted by molar-refractivity contribution is 9.10. The molecule has 0 N–H and O–H groups in total. The normalized spacial score (nSPS) is 19.2. The van der Waals surface area contributed by atoms with Crippen molar-refractivity contribution in [1.82, 2.24) is 14.9 Å². The zero-order chi connectivity index (χ0) is 17.0. The van der Waals surface area contributed by atoms with Crippen LogP contribution in [0.4, 0.5) is 10.6 Å². The molecule has 1 aliphatic rings. The molecule has 1 aliphatic heterocycles. The number of carbonyl (C=O) groups is 1. The number of carbonyl (C=O) groups excluding carboxylic acids is 1. The second kappa shape index (κ2) is 7.47. The maximum Gasteiger partial charge on any atom is 0.410 e. The molecular weight excluding hydrogens is 360 g/mol. The first-order valence-electron chi connectivity index (χ1n) is 7.94. The molecule has 1 amide bonds. The molecule has 0 radical (unpaired) electrons. The van der Waals surface area contributed by atoms with Gasteiger partial charge in [-0.05, 0) is 56.0 Å². The summed E-state index contributed by atoms with van der Waals surface area (Å²) in [5.74, 6) is 0.851. The number of halogens is 1. The standard InChI is InChI=1S/C16H25BrN4O2/c1-16(2,3)23-15(22)21-8-5-6-12(7-9-21)20(4)14-11-18-13(17)10-19-14/h10-12H,5-9H2,1-4H3. The van der Waals surface area contributed by atoms with Crippen molar-refractivity contribution >= 4 is 27.8 Å². The molecule has 0 saturated carbocycles. The SMILES string of the molecule is CN(c1cnc(Br)cn1)C1CCCN(C(=O)OC(C)(C)C)CC1. The van der Waals surface area contributed by atoms with Crippen LogP contribution in [0.15, 0.2) is 17.0 Å². The molecule has 1 atom stereocenters. The molecule has 23 heavy (non-hydrogen) atoms. The van der Waals surface area contributed by atoms with Gasteiger partial charge in [0, 0.05) is 26.2 Å². The molecule has 1 aromatic rings. The van der Waals surface area contributed by atoms with E-state index in [-0.39, 0.29) is 6.09 Å². The molecule has 0 bridgehead atoms. The molecule has 1 unspecified atom stereocenters. The molecule has 1 aromatic heterocycles. The van der Waals surface area contributed by atoms with Crippen LogP contribution in [0.3, 0.4) is 0 Å². The number of anilines is 1. The van der Waals surface area contributed by atoms with Gasteiger partial charge in [0.15, 0.2) is 0 Å². The van der Waals surface area contributed by atoms with Crippen LogP contribution in [-0.2, 0) is 4.74 Å². The van der Waals surface area contributed by atoms with E-state index in [9.17, 15) is 4.79 Å². The van der Waals surface area contributed by atoms with Crippen molar-refractivity contribution in [2.45, 2.75) is 51.7 Å². The van der Waals surface area contributed by atoms with Crippen molar-refractivity contribution in [2.24, 2.45) is 0 Å². The Morgan fingerprint density at radius 2 is 2.04 bits per heavy atom. The van der Waals surface area contributed by atoms with Gasteiger partial charge in [-0.1, -0.05) is 0 Å². The zero-order valence-electron chi connectivity index (χ0n) is 14.3. The summed E-state index contributed by atoms with van der Waals surface area (Å²) in [5, 5.41) is 0. The van der Waals surface area contributed by atoms with Crippen molar-refractivity contribution < 1.29 is 9.53 Å². The molecule has 1 saturated heterocycles. The van der Waals surface area contributed by atoms with E-state index in [2.05, 4.69) is 30.8 Å². The summed E-state index contributed by atoms with van der Waals surface area (Å²) in [6, 6.07) is 0.345. The predicted octanol–water partition coefficient (Wildman–Crippen LogP) is 3.46. The number of ether oxygens (including phenoxy) is 1. The van der Waals surface area contributed by atoms with Crippen LogP contribution in [0.25, 0.3) is 0 Å². The molecule has 128 valence electrons. The quantitative estimate of drug-likeness (QED) is 0.780. The highest BCUT2D eigenvalue weighted by Crippen LogP contribution is 2.22. The summed E-state index contributed by atoms with van der Waals surface area (Å²) in [6.45, 7) is 7.13. The van der Waals surface area contributed by atoms with Crippen LogP contribution >= 0.6 is 15.9 Å². The number of rotatable bonds is 2. The topological polar surface area (TPSA) is 58.6 Å². The monoisotopic (exact) mass is 384 g/mol. The number of hydrogen-bond donors (Lipinski definition) is 0. The van der Waals surface area contributed by atoms with Crippen molar-refractivity contribution in [3.05, 3.63) is 17.0 Å². The van der Waals surface area contributed by atoms with Crippen LogP contribution in [0.1, 0.15) is 40.0 Å². The molecule has 0 aromatic carbocycles. The lowest BCUT2D eigenvalue weighted by molar-refractivity contribution is 0.0256. The van der Waals surface area contributed by atoms with E-state index in [0.717, 1.165) is 36.2 Å². The van der Waals surface area contributed by atoms with E-state index in [0.29, 0.717) is 12.6 Å². The second-order valence-corrected chi connectivity index (χ2v) is 7.67. The van der Waals surface area contributed by atoms with Gasteiger partial charge in [0.1, 0.15) is 16.0 Å². The zero-order valence-corrected chi connectivity index (χ0v) is 15.8. The fraction of sp³-hybridized carbons (Fsp3) is 0.688. The van der Waals surface area contributed by atoms with Gasteiger partial charge in [0.05, 0.1) is 12.4 Å². The van der Waals surface area contributed by atoms with Crippen molar-refractivity contribution in [2.75, 3.05) is 25.0 Å². The van der Waals surface area contributed by atoms with Gasteiger partial charge in [0.2, 0.25) is 0 Å². The first kappa shape index (κ1) is 18.0. The summed E-state index contributed by atoms with van der Waals surface area (Å²) < 4.78 is 6.20. The van der Waals surface area contributed by atoms with E-state index >= 15 is 0 Å². The molecule has 7 heteroatoms. The fourth-order valence-electron chi connectivity index (χ4n) is 2.65. The fourth-order valence-corrected chi connectivity index (χ4v) is 2.85. The minimum absolute atomic E-state index is 0.218. The molecule has 0 spiro atoms. The lowest BCUT2D eigenvalue weighted by Gasteiger charge is -2.28. The largest absolute Gasteiger partial charge is 0.444 e. The third-order valence-corrected chi connectivity index (χ3v) is 4.27. The van der Waals surface area contributed by atoms with Gasteiger partial charge in [-0.25, -0.2) is 14.8 Å². The molecule has 1 fully saturated rings. The minimum Gasteiger partial charge on any atom is -0.444 e. The molecule has 6 nitrogen and oxygen atoms in total. The molecule has 2 rings (SSSR count). The lowest BCUT2D eigenvalue weighted by Crippen LogP contribution is -2.38. The average Bonchev–Trinajstić information content (AvgIpc) is 2.71. The maximum atomic E-state index is 12.2. The van der Waals surface area contributed by atoms with E-state index in [1.54, 1.807) is 12.4 Å². The van der Waals surface area contributed by atoms with Crippen LogP contribution < -0.4 is 4.90 Å². The maximum absolute atomic E-state index is 12.2. The summed E-state index contributed by atoms with van der Waals surface area (Å²) in [5.41, 5.74) is -0.452. The van der Waals surface area contributed by atoms with E-state index in [1.165, 1.54) is 0 Å². The third-order valence-electron chi connectivity index (χ3n) is 3.87. The summed E-state index contributed by atoms with van der Waals surface area (Å²) >= 11 is 3.30. The van der Waals surface area contributed by atoms with Crippen LogP contribution in [0.5, 0.6) is 0 Å². The highest BCUT2D eigenvalue weighted by atomic mass is 79.9. The number of hydrogen-bond acceptors (Lipinski definition) is 5. The van der Waals surface area contributed by atoms with Gasteiger partial charge < -0.3 is 14.5 Å². The van der Waals surface area contributed by atoms with Gasteiger partial charge in [-0.2, -0.15) is 0 Å². The Kier molecular flexibility index (Phi) is 5.84. The Bertz CT molecular complexity index is 530. The Hall–Kier alpha value is -1.37. The van der Waals surface area contributed by atoms with Crippen LogP contribution in [0.2, 0.25) is 0 Å². The first-order valence-corrected chi connectivity index (χ1v) is 8.74. The summed E-state index contributed by atoms with van der Waals surface area (Å²) in [4.78, 5) is 24.8. The predicted molar refractivity (Wildman–Crippen MR) is 93.6 cm³/mol. The van der Waals surface area contributed by atoms with Crippen molar-refractivity contribution in [3.63, 3.8) is 0 Å². The smallest absolute Gasteiger partial charge is 0.410 e. The second-order valence-electron chi connectivity index (χ2n) is 6.86. The minimum atomic E-state index is -0.452. The Morgan fingerprint density at radius 3 is 2.65 bits per heavy atom. The number of amides is 1. The molecule has 0 aliphatic carbocycles. The van der Waals surface area contributed by atoms with Gasteiger partial charge >= 0.3 is 6.09 Å². The van der Waals surface area contributed by atoms with Crippen molar-refractivity contribution in [1.29, 1.82) is 0 Å². The van der Waals surface area contributed by atoms with Gasteiger partial charge in [-0.15, -0.1) is 0 Å². The Labute approximate surface area is 146 Å². The Balaban J connectivity index is 1.95. The van der Waals surface area contributed by atoms with E-state index in [4.69, 9.17) is 4.74 Å². The van der Waals surface area contributed by atoms with Crippen LogP contribution in [0, 0.1) is 0 Å². The lowest BCUT2D eigenvalue weighted by atomic mass is 10.1.